The standard InChI is InChI=1S/C26H22Cl4N4O6P2/c27-41(28,31-19-11-3-1-9-17(19)25(37)38)33(21-13-5-7-15-23(21)35)42(29,30,34(41)22-14-6-8-16-24(22)36)32-20-12-4-2-10-18(20)26(39)40/h1-16,31-32,35-36H,(H,37,38)(H,39,40). The predicted molar refractivity (Wildman–Crippen MR) is 172 cm³/mol. The summed E-state index contributed by atoms with van der Waals surface area (Å²) in [4.78, 5) is 24.3. The molecule has 1 heterocycles. The normalized spacial score (nSPS) is 19.5. The third-order valence-electron chi connectivity index (χ3n) is 6.41. The SMILES string of the molecule is O=C(O)c1ccccc1NP1(Cl)(Cl)N(c2ccccc2O)P(Cl)(Cl)(Nc2ccccc2C(=O)O)N1c1ccccc1O. The number of carboxylic acid groups (broad SMARTS) is 2. The van der Waals surface area contributed by atoms with Crippen LogP contribution < -0.4 is 19.1 Å². The molecule has 0 radical (unpaired) electrons. The van der Waals surface area contributed by atoms with E-state index >= 15 is 0 Å². The van der Waals surface area contributed by atoms with E-state index in [1.54, 1.807) is 24.3 Å². The van der Waals surface area contributed by atoms with Crippen molar-refractivity contribution in [2.45, 2.75) is 0 Å². The van der Waals surface area contributed by atoms with Gasteiger partial charge in [0.25, 0.3) is 0 Å². The number of halogens is 4. The first-order valence-corrected chi connectivity index (χ1v) is 19.9. The monoisotopic (exact) mass is 688 g/mol. The number of hydrogen-bond donors (Lipinski definition) is 6. The van der Waals surface area contributed by atoms with Crippen LogP contribution in [-0.4, -0.2) is 32.4 Å². The molecular formula is C26H22Cl4N4O6P2. The van der Waals surface area contributed by atoms with Crippen LogP contribution in [-0.2, 0) is 0 Å². The molecule has 0 aromatic heterocycles. The van der Waals surface area contributed by atoms with E-state index in [0.29, 0.717) is 0 Å². The molecule has 1 saturated heterocycles. The van der Waals surface area contributed by atoms with E-state index in [1.165, 1.54) is 72.8 Å². The Morgan fingerprint density at radius 1 is 0.548 bits per heavy atom. The second kappa shape index (κ2) is 10.1. The van der Waals surface area contributed by atoms with Crippen molar-refractivity contribution in [3.63, 3.8) is 0 Å². The van der Waals surface area contributed by atoms with E-state index in [-0.39, 0.29) is 45.4 Å². The molecule has 0 saturated carbocycles. The summed E-state index contributed by atoms with van der Waals surface area (Å²) < 4.78 is 2.28. The van der Waals surface area contributed by atoms with Gasteiger partial charge in [0.2, 0.25) is 0 Å². The molecule has 6 N–H and O–H groups in total. The number of para-hydroxylation sites is 6. The van der Waals surface area contributed by atoms with Crippen LogP contribution in [0.3, 0.4) is 0 Å². The van der Waals surface area contributed by atoms with Gasteiger partial charge in [-0.25, -0.2) is 0 Å². The van der Waals surface area contributed by atoms with E-state index in [4.69, 9.17) is 45.0 Å². The fourth-order valence-electron chi connectivity index (χ4n) is 4.77. The molecule has 4 aromatic carbocycles. The summed E-state index contributed by atoms with van der Waals surface area (Å²) in [5.41, 5.74) is -0.558. The Hall–Kier alpha value is -3.36. The van der Waals surface area contributed by atoms with Gasteiger partial charge in [0.15, 0.2) is 0 Å². The van der Waals surface area contributed by atoms with Gasteiger partial charge in [-0.2, -0.15) is 0 Å². The predicted octanol–water partition coefficient (Wildman–Crippen LogP) is 9.26. The Balaban J connectivity index is 1.86. The van der Waals surface area contributed by atoms with E-state index in [1.807, 2.05) is 0 Å². The van der Waals surface area contributed by atoms with Crippen molar-refractivity contribution in [3.8, 4) is 11.5 Å². The number of carbonyl (C=O) groups is 2. The second-order valence-corrected chi connectivity index (χ2v) is 23.8. The number of nitrogens with one attached hydrogen (secondary N) is 2. The summed E-state index contributed by atoms with van der Waals surface area (Å²) in [6.07, 6.45) is 0. The van der Waals surface area contributed by atoms with Crippen molar-refractivity contribution in [2.75, 3.05) is 19.1 Å². The zero-order valence-electron chi connectivity index (χ0n) is 21.1. The van der Waals surface area contributed by atoms with Gasteiger partial charge in [-0.1, -0.05) is 0 Å². The zero-order chi connectivity index (χ0) is 30.6. The Morgan fingerprint density at radius 2 is 0.857 bits per heavy atom. The van der Waals surface area contributed by atoms with Gasteiger partial charge in [-0.3, -0.25) is 0 Å². The van der Waals surface area contributed by atoms with Crippen molar-refractivity contribution in [1.29, 1.82) is 0 Å². The van der Waals surface area contributed by atoms with Gasteiger partial charge in [-0.05, 0) is 0 Å². The average Bonchev–Trinajstić information content (AvgIpc) is 2.91. The van der Waals surface area contributed by atoms with E-state index in [2.05, 4.69) is 10.2 Å². The summed E-state index contributed by atoms with van der Waals surface area (Å²) in [6.45, 7) is 0. The molecule has 0 aliphatic carbocycles. The van der Waals surface area contributed by atoms with Crippen molar-refractivity contribution in [1.82, 2.24) is 0 Å². The summed E-state index contributed by atoms with van der Waals surface area (Å²) >= 11 is 30.0. The van der Waals surface area contributed by atoms with E-state index < -0.39 is 23.5 Å². The van der Waals surface area contributed by atoms with Crippen LogP contribution in [0.1, 0.15) is 20.7 Å². The molecule has 5 rings (SSSR count). The minimum absolute atomic E-state index is 0.0222. The topological polar surface area (TPSA) is 146 Å². The molecule has 0 atom stereocenters. The summed E-state index contributed by atoms with van der Waals surface area (Å²) in [6, 6.07) is 23.4. The molecule has 1 fully saturated rings. The van der Waals surface area contributed by atoms with Gasteiger partial charge in [0.05, 0.1) is 0 Å². The molecule has 42 heavy (non-hydrogen) atoms. The summed E-state index contributed by atoms with van der Waals surface area (Å²) in [7, 11) is 0. The molecule has 4 aromatic rings. The maximum absolute atomic E-state index is 12.1. The summed E-state index contributed by atoms with van der Waals surface area (Å²) in [5.74, 6) is -13.7. The number of anilines is 4. The third kappa shape index (κ3) is 4.60. The first-order valence-electron chi connectivity index (χ1n) is 12.0. The summed E-state index contributed by atoms with van der Waals surface area (Å²) in [5, 5.41) is 47.7. The quantitative estimate of drug-likeness (QED) is 0.0990. The molecule has 0 amide bonds. The van der Waals surface area contributed by atoms with Crippen molar-refractivity contribution in [3.05, 3.63) is 108 Å². The zero-order valence-corrected chi connectivity index (χ0v) is 26.0. The van der Waals surface area contributed by atoms with Crippen LogP contribution in [0.2, 0.25) is 0 Å². The molecular weight excluding hydrogens is 668 g/mol. The Morgan fingerprint density at radius 3 is 1.19 bits per heavy atom. The maximum atomic E-state index is 12.1. The fourth-order valence-corrected chi connectivity index (χ4v) is 28.9. The molecule has 220 valence electrons. The van der Waals surface area contributed by atoms with Gasteiger partial charge in [-0.15, -0.1) is 0 Å². The van der Waals surface area contributed by atoms with Crippen LogP contribution in [0.15, 0.2) is 97.1 Å². The molecule has 0 spiro atoms. The average molecular weight is 690 g/mol. The number of phenolic OH excluding ortho intramolecular Hbond substituents is 2. The van der Waals surface area contributed by atoms with Gasteiger partial charge >= 0.3 is 260 Å². The number of aromatic carboxylic acids is 2. The molecule has 1 aliphatic heterocycles. The van der Waals surface area contributed by atoms with E-state index in [0.717, 1.165) is 8.88 Å². The fraction of sp³-hybridized carbons (Fsp3) is 0. The van der Waals surface area contributed by atoms with E-state index in [9.17, 15) is 30.0 Å². The number of phenols is 2. The second-order valence-electron chi connectivity index (χ2n) is 9.13. The first-order chi connectivity index (χ1) is 19.7. The molecule has 0 bridgehead atoms. The van der Waals surface area contributed by atoms with Crippen molar-refractivity contribution >= 4 is 91.2 Å². The number of hydrogen-bond acceptors (Lipinski definition) is 8. The van der Waals surface area contributed by atoms with Crippen LogP contribution in [0.4, 0.5) is 22.7 Å². The van der Waals surface area contributed by atoms with Crippen LogP contribution >= 0.6 is 56.5 Å². The van der Waals surface area contributed by atoms with Crippen LogP contribution in [0.25, 0.3) is 0 Å². The Labute approximate surface area is 259 Å². The number of nitrogens with zero attached hydrogens (tertiary/aromatic N) is 2. The Kier molecular flexibility index (Phi) is 7.26. The van der Waals surface area contributed by atoms with Gasteiger partial charge in [0.1, 0.15) is 0 Å². The van der Waals surface area contributed by atoms with Crippen molar-refractivity contribution in [2.24, 2.45) is 0 Å². The third-order valence-corrected chi connectivity index (χ3v) is 22.4. The molecule has 16 heteroatoms. The number of benzene rings is 4. The number of carboxylic acids is 2. The van der Waals surface area contributed by atoms with Gasteiger partial charge < -0.3 is 0 Å². The van der Waals surface area contributed by atoms with Crippen molar-refractivity contribution < 1.29 is 30.0 Å². The van der Waals surface area contributed by atoms with Gasteiger partial charge in [0, 0.05) is 0 Å². The molecule has 10 nitrogen and oxygen atoms in total. The minimum atomic E-state index is -5.19. The van der Waals surface area contributed by atoms with Crippen LogP contribution in [0.5, 0.6) is 11.5 Å². The number of rotatable bonds is 8. The number of aromatic hydroxyl groups is 2. The molecule has 0 unspecified atom stereocenters. The molecule has 1 aliphatic rings. The Bertz CT molecular complexity index is 1620. The van der Waals surface area contributed by atoms with Crippen LogP contribution in [0, 0.1) is 0 Å². The first kappa shape index (κ1) is 30.1.